The maximum atomic E-state index is 13.3. The molecule has 0 fully saturated rings. The Balaban J connectivity index is 2.37. The average molecular weight is 278 g/mol. The molecule has 0 bridgehead atoms. The molecule has 1 aromatic carbocycles. The van der Waals surface area contributed by atoms with Gasteiger partial charge in [0.15, 0.2) is 0 Å². The molecule has 1 heterocycles. The Hall–Kier alpha value is -3.17. The Morgan fingerprint density at radius 3 is 2.75 bits per heavy atom. The summed E-state index contributed by atoms with van der Waals surface area (Å²) >= 11 is 0. The quantitative estimate of drug-likeness (QED) is 0.480. The summed E-state index contributed by atoms with van der Waals surface area (Å²) in [6, 6.07) is 1.42. The van der Waals surface area contributed by atoms with Crippen molar-refractivity contribution >= 4 is 23.2 Å². The van der Waals surface area contributed by atoms with Crippen LogP contribution in [0.2, 0.25) is 0 Å². The summed E-state index contributed by atoms with van der Waals surface area (Å²) in [5, 5.41) is 19.9. The fraction of sp³-hybridized carbons (Fsp3) is 0. The molecule has 0 unspecified atom stereocenters. The number of rotatable bonds is 3. The second-order valence-corrected chi connectivity index (χ2v) is 3.56. The maximum Gasteiger partial charge on any atom is 0.295 e. The van der Waals surface area contributed by atoms with E-state index in [2.05, 4.69) is 20.5 Å². The number of nitrogen functional groups attached to an aromatic ring is 1. The SMILES string of the molecule is Nc1c(C(=O)Nc2nccnn2)cc(F)cc1[N+](=O)[O-]. The van der Waals surface area contributed by atoms with Crippen molar-refractivity contribution in [1.82, 2.24) is 15.2 Å². The summed E-state index contributed by atoms with van der Waals surface area (Å²) in [5.74, 6) is -1.97. The average Bonchev–Trinajstić information content (AvgIpc) is 2.41. The summed E-state index contributed by atoms with van der Waals surface area (Å²) < 4.78 is 13.3. The van der Waals surface area contributed by atoms with Crippen molar-refractivity contribution in [3.05, 3.63) is 46.0 Å². The molecule has 0 radical (unpaired) electrons. The number of nitrogens with one attached hydrogen (secondary N) is 1. The van der Waals surface area contributed by atoms with Crippen molar-refractivity contribution in [3.8, 4) is 0 Å². The van der Waals surface area contributed by atoms with E-state index in [1.165, 1.54) is 12.4 Å². The molecule has 1 amide bonds. The van der Waals surface area contributed by atoms with Crippen LogP contribution in [0.1, 0.15) is 10.4 Å². The number of amides is 1. The van der Waals surface area contributed by atoms with Gasteiger partial charge in [-0.3, -0.25) is 20.2 Å². The Morgan fingerprint density at radius 1 is 1.40 bits per heavy atom. The molecule has 102 valence electrons. The van der Waals surface area contributed by atoms with Crippen molar-refractivity contribution < 1.29 is 14.1 Å². The smallest absolute Gasteiger partial charge is 0.295 e. The lowest BCUT2D eigenvalue weighted by molar-refractivity contribution is -0.384. The zero-order chi connectivity index (χ0) is 14.7. The van der Waals surface area contributed by atoms with Crippen LogP contribution in [0.25, 0.3) is 0 Å². The van der Waals surface area contributed by atoms with Gasteiger partial charge in [-0.1, -0.05) is 0 Å². The van der Waals surface area contributed by atoms with Crippen LogP contribution < -0.4 is 11.1 Å². The number of nitrogens with zero attached hydrogens (tertiary/aromatic N) is 4. The molecule has 2 rings (SSSR count). The summed E-state index contributed by atoms with van der Waals surface area (Å²) in [6.45, 7) is 0. The predicted octanol–water partition coefficient (Wildman–Crippen LogP) is 0.753. The first-order valence-electron chi connectivity index (χ1n) is 5.17. The van der Waals surface area contributed by atoms with E-state index in [-0.39, 0.29) is 11.5 Å². The molecule has 0 saturated carbocycles. The fourth-order valence-electron chi connectivity index (χ4n) is 1.42. The number of aromatic nitrogens is 3. The fourth-order valence-corrected chi connectivity index (χ4v) is 1.42. The van der Waals surface area contributed by atoms with Crippen LogP contribution in [0.5, 0.6) is 0 Å². The second kappa shape index (κ2) is 5.22. The van der Waals surface area contributed by atoms with Crippen LogP contribution >= 0.6 is 0 Å². The Kier molecular flexibility index (Phi) is 3.46. The van der Waals surface area contributed by atoms with Gasteiger partial charge in [0, 0.05) is 0 Å². The molecule has 10 heteroatoms. The maximum absolute atomic E-state index is 13.3. The lowest BCUT2D eigenvalue weighted by Gasteiger charge is -2.06. The van der Waals surface area contributed by atoms with E-state index < -0.39 is 28.0 Å². The van der Waals surface area contributed by atoms with Gasteiger partial charge in [-0.05, 0) is 6.07 Å². The molecule has 0 aliphatic rings. The van der Waals surface area contributed by atoms with E-state index in [1.807, 2.05) is 0 Å². The molecule has 0 aliphatic heterocycles. The first kappa shape index (κ1) is 13.3. The number of benzene rings is 1. The molecule has 9 nitrogen and oxygen atoms in total. The molecule has 0 spiro atoms. The van der Waals surface area contributed by atoms with E-state index in [0.717, 1.165) is 6.07 Å². The van der Waals surface area contributed by atoms with E-state index in [1.54, 1.807) is 0 Å². The molecule has 20 heavy (non-hydrogen) atoms. The monoisotopic (exact) mass is 278 g/mol. The van der Waals surface area contributed by atoms with E-state index in [0.29, 0.717) is 6.07 Å². The minimum Gasteiger partial charge on any atom is -0.393 e. The van der Waals surface area contributed by atoms with Crippen LogP contribution in [0.3, 0.4) is 0 Å². The number of hydrogen-bond donors (Lipinski definition) is 2. The van der Waals surface area contributed by atoms with Crippen molar-refractivity contribution in [3.63, 3.8) is 0 Å². The third-order valence-electron chi connectivity index (χ3n) is 2.27. The number of hydrogen-bond acceptors (Lipinski definition) is 7. The lowest BCUT2D eigenvalue weighted by atomic mass is 10.1. The van der Waals surface area contributed by atoms with Crippen molar-refractivity contribution in [2.24, 2.45) is 0 Å². The molecule has 3 N–H and O–H groups in total. The molecule has 0 aliphatic carbocycles. The highest BCUT2D eigenvalue weighted by Gasteiger charge is 2.22. The second-order valence-electron chi connectivity index (χ2n) is 3.56. The predicted molar refractivity (Wildman–Crippen MR) is 65.2 cm³/mol. The van der Waals surface area contributed by atoms with Gasteiger partial charge in [0.2, 0.25) is 5.95 Å². The largest absolute Gasteiger partial charge is 0.393 e. The van der Waals surface area contributed by atoms with Gasteiger partial charge < -0.3 is 5.73 Å². The zero-order valence-electron chi connectivity index (χ0n) is 9.78. The lowest BCUT2D eigenvalue weighted by Crippen LogP contribution is -2.17. The number of nitrogens with two attached hydrogens (primary N) is 1. The first-order valence-corrected chi connectivity index (χ1v) is 5.17. The van der Waals surface area contributed by atoms with Gasteiger partial charge in [0.1, 0.15) is 11.5 Å². The first-order chi connectivity index (χ1) is 9.49. The highest BCUT2D eigenvalue weighted by Crippen LogP contribution is 2.27. The standard InChI is InChI=1S/C10H7FN6O3/c11-5-3-6(8(12)7(4-5)17(19)20)9(18)15-10-13-1-2-14-16-10/h1-4H,12H2,(H,13,15,16,18). The van der Waals surface area contributed by atoms with Crippen LogP contribution in [-0.2, 0) is 0 Å². The highest BCUT2D eigenvalue weighted by atomic mass is 19.1. The minimum absolute atomic E-state index is 0.135. The van der Waals surface area contributed by atoms with E-state index >= 15 is 0 Å². The highest BCUT2D eigenvalue weighted by molar-refractivity contribution is 6.08. The Labute approximate surface area is 110 Å². The molecule has 0 saturated heterocycles. The van der Waals surface area contributed by atoms with Crippen molar-refractivity contribution in [2.75, 3.05) is 11.1 Å². The zero-order valence-corrected chi connectivity index (χ0v) is 9.78. The third-order valence-corrected chi connectivity index (χ3v) is 2.27. The minimum atomic E-state index is -0.955. The summed E-state index contributed by atoms with van der Waals surface area (Å²) in [6.07, 6.45) is 2.57. The van der Waals surface area contributed by atoms with Crippen LogP contribution in [0.4, 0.5) is 21.7 Å². The molecular weight excluding hydrogens is 271 g/mol. The van der Waals surface area contributed by atoms with Crippen molar-refractivity contribution in [1.29, 1.82) is 0 Å². The molecule has 2 aromatic rings. The summed E-state index contributed by atoms with van der Waals surface area (Å²) in [5.41, 5.74) is 3.96. The number of carbonyl (C=O) groups is 1. The van der Waals surface area contributed by atoms with Crippen LogP contribution in [-0.4, -0.2) is 26.0 Å². The van der Waals surface area contributed by atoms with Gasteiger partial charge in [0.05, 0.1) is 28.9 Å². The van der Waals surface area contributed by atoms with Crippen LogP contribution in [0, 0.1) is 15.9 Å². The van der Waals surface area contributed by atoms with Gasteiger partial charge in [-0.25, -0.2) is 9.37 Å². The Bertz CT molecular complexity index is 678. The van der Waals surface area contributed by atoms with Gasteiger partial charge in [-0.2, -0.15) is 5.10 Å². The molecule has 0 atom stereocenters. The summed E-state index contributed by atoms with van der Waals surface area (Å²) in [4.78, 5) is 25.4. The van der Waals surface area contributed by atoms with E-state index in [9.17, 15) is 19.3 Å². The number of carbonyl (C=O) groups excluding carboxylic acids is 1. The van der Waals surface area contributed by atoms with Crippen molar-refractivity contribution in [2.45, 2.75) is 0 Å². The third kappa shape index (κ3) is 2.63. The molecular formula is C10H7FN6O3. The van der Waals surface area contributed by atoms with Gasteiger partial charge >= 0.3 is 0 Å². The number of nitro groups is 1. The topological polar surface area (TPSA) is 137 Å². The van der Waals surface area contributed by atoms with Gasteiger partial charge in [0.25, 0.3) is 11.6 Å². The van der Waals surface area contributed by atoms with Crippen LogP contribution in [0.15, 0.2) is 24.5 Å². The number of nitro benzene ring substituents is 1. The Morgan fingerprint density at radius 2 is 2.15 bits per heavy atom. The van der Waals surface area contributed by atoms with E-state index in [4.69, 9.17) is 5.73 Å². The normalized spacial score (nSPS) is 10.1. The number of anilines is 2. The summed E-state index contributed by atoms with van der Waals surface area (Å²) in [7, 11) is 0. The number of halogens is 1. The molecule has 1 aromatic heterocycles. The van der Waals surface area contributed by atoms with Gasteiger partial charge in [-0.15, -0.1) is 5.10 Å².